The van der Waals surface area contributed by atoms with Crippen molar-refractivity contribution in [3.8, 4) is 0 Å². The van der Waals surface area contributed by atoms with Gasteiger partial charge in [-0.15, -0.1) is 0 Å². The van der Waals surface area contributed by atoms with E-state index in [2.05, 4.69) is 29.5 Å². The standard InChI is InChI=1S/C16H26FN3O/c1-13(2)7-9-21-10-8-19-16(18-3)20-12-14-5-4-6-15(17)11-14/h4-6,11,13H,7-10,12H2,1-3H3,(H2,18,19,20). The summed E-state index contributed by atoms with van der Waals surface area (Å²) in [6.45, 7) is 7.02. The van der Waals surface area contributed by atoms with Crippen LogP contribution in [0.3, 0.4) is 0 Å². The maximum atomic E-state index is 13.1. The van der Waals surface area contributed by atoms with Gasteiger partial charge < -0.3 is 15.4 Å². The van der Waals surface area contributed by atoms with Gasteiger partial charge in [-0.1, -0.05) is 26.0 Å². The first-order valence-electron chi connectivity index (χ1n) is 7.38. The quantitative estimate of drug-likeness (QED) is 0.440. The Morgan fingerprint density at radius 3 is 2.76 bits per heavy atom. The Bertz CT molecular complexity index is 435. The van der Waals surface area contributed by atoms with Crippen molar-refractivity contribution in [3.63, 3.8) is 0 Å². The molecule has 0 bridgehead atoms. The highest BCUT2D eigenvalue weighted by atomic mass is 19.1. The van der Waals surface area contributed by atoms with E-state index in [9.17, 15) is 4.39 Å². The van der Waals surface area contributed by atoms with Crippen LogP contribution in [0, 0.1) is 11.7 Å². The van der Waals surface area contributed by atoms with Gasteiger partial charge in [-0.2, -0.15) is 0 Å². The van der Waals surface area contributed by atoms with Crippen molar-refractivity contribution in [2.45, 2.75) is 26.8 Å². The molecule has 0 atom stereocenters. The van der Waals surface area contributed by atoms with Gasteiger partial charge in [-0.25, -0.2) is 4.39 Å². The van der Waals surface area contributed by atoms with E-state index in [4.69, 9.17) is 4.74 Å². The van der Waals surface area contributed by atoms with E-state index < -0.39 is 0 Å². The number of hydrogen-bond acceptors (Lipinski definition) is 2. The van der Waals surface area contributed by atoms with Gasteiger partial charge in [0, 0.05) is 26.7 Å². The SMILES string of the molecule is CN=C(NCCOCCC(C)C)NCc1cccc(F)c1. The Labute approximate surface area is 126 Å². The topological polar surface area (TPSA) is 45.7 Å². The predicted octanol–water partition coefficient (Wildman–Crippen LogP) is 2.55. The van der Waals surface area contributed by atoms with Crippen molar-refractivity contribution in [2.24, 2.45) is 10.9 Å². The molecule has 0 heterocycles. The lowest BCUT2D eigenvalue weighted by molar-refractivity contribution is 0.128. The molecule has 0 unspecified atom stereocenters. The Kier molecular flexibility index (Phi) is 8.43. The molecule has 1 aromatic rings. The van der Waals surface area contributed by atoms with Crippen molar-refractivity contribution >= 4 is 5.96 Å². The average molecular weight is 295 g/mol. The van der Waals surface area contributed by atoms with E-state index in [1.807, 2.05) is 6.07 Å². The maximum Gasteiger partial charge on any atom is 0.191 e. The summed E-state index contributed by atoms with van der Waals surface area (Å²) in [4.78, 5) is 4.12. The van der Waals surface area contributed by atoms with Crippen LogP contribution < -0.4 is 10.6 Å². The van der Waals surface area contributed by atoms with E-state index in [0.717, 1.165) is 18.6 Å². The summed E-state index contributed by atoms with van der Waals surface area (Å²) in [7, 11) is 1.71. The second-order valence-electron chi connectivity index (χ2n) is 5.28. The highest BCUT2D eigenvalue weighted by Gasteiger charge is 1.99. The van der Waals surface area contributed by atoms with E-state index in [-0.39, 0.29) is 5.82 Å². The van der Waals surface area contributed by atoms with Gasteiger partial charge in [0.05, 0.1) is 6.61 Å². The van der Waals surface area contributed by atoms with Crippen LogP contribution in [-0.4, -0.2) is 32.8 Å². The number of nitrogens with zero attached hydrogens (tertiary/aromatic N) is 1. The Morgan fingerprint density at radius 1 is 1.29 bits per heavy atom. The van der Waals surface area contributed by atoms with Crippen LogP contribution in [0.2, 0.25) is 0 Å². The van der Waals surface area contributed by atoms with E-state index in [1.54, 1.807) is 13.1 Å². The van der Waals surface area contributed by atoms with E-state index >= 15 is 0 Å². The zero-order valence-electron chi connectivity index (χ0n) is 13.2. The van der Waals surface area contributed by atoms with Crippen LogP contribution in [-0.2, 0) is 11.3 Å². The molecular formula is C16H26FN3O. The third kappa shape index (κ3) is 8.30. The predicted molar refractivity (Wildman–Crippen MR) is 84.9 cm³/mol. The second kappa shape index (κ2) is 10.2. The third-order valence-electron chi connectivity index (χ3n) is 2.95. The van der Waals surface area contributed by atoms with E-state index in [1.165, 1.54) is 12.1 Å². The fraction of sp³-hybridized carbons (Fsp3) is 0.562. The van der Waals surface area contributed by atoms with Gasteiger partial charge in [0.15, 0.2) is 5.96 Å². The molecule has 0 radical (unpaired) electrons. The van der Waals surface area contributed by atoms with Gasteiger partial charge in [0.2, 0.25) is 0 Å². The van der Waals surface area contributed by atoms with Gasteiger partial charge in [0.1, 0.15) is 5.82 Å². The zero-order chi connectivity index (χ0) is 15.5. The molecule has 21 heavy (non-hydrogen) atoms. The van der Waals surface area contributed by atoms with Crippen molar-refractivity contribution in [1.82, 2.24) is 10.6 Å². The molecule has 0 fully saturated rings. The monoisotopic (exact) mass is 295 g/mol. The number of aliphatic imine (C=N–C) groups is 1. The van der Waals surface area contributed by atoms with Crippen molar-refractivity contribution in [2.75, 3.05) is 26.8 Å². The molecule has 0 aliphatic heterocycles. The van der Waals surface area contributed by atoms with E-state index in [0.29, 0.717) is 31.6 Å². The lowest BCUT2D eigenvalue weighted by atomic mass is 10.1. The first kappa shape index (κ1) is 17.4. The summed E-state index contributed by atoms with van der Waals surface area (Å²) in [6.07, 6.45) is 1.08. The minimum atomic E-state index is -0.226. The van der Waals surface area contributed by atoms with Gasteiger partial charge in [-0.3, -0.25) is 4.99 Å². The average Bonchev–Trinajstić information content (AvgIpc) is 2.45. The van der Waals surface area contributed by atoms with Crippen molar-refractivity contribution in [3.05, 3.63) is 35.6 Å². The van der Waals surface area contributed by atoms with Crippen LogP contribution in [0.25, 0.3) is 0 Å². The molecule has 0 aliphatic rings. The normalized spacial score (nSPS) is 11.8. The summed E-state index contributed by atoms with van der Waals surface area (Å²) in [5.41, 5.74) is 0.881. The van der Waals surface area contributed by atoms with Crippen LogP contribution in [0.5, 0.6) is 0 Å². The molecule has 0 spiro atoms. The number of hydrogen-bond donors (Lipinski definition) is 2. The van der Waals surface area contributed by atoms with Crippen LogP contribution in [0.15, 0.2) is 29.3 Å². The number of nitrogens with one attached hydrogen (secondary N) is 2. The molecule has 0 amide bonds. The number of guanidine groups is 1. The lowest BCUT2D eigenvalue weighted by Gasteiger charge is -2.12. The highest BCUT2D eigenvalue weighted by Crippen LogP contribution is 2.02. The Morgan fingerprint density at radius 2 is 2.10 bits per heavy atom. The van der Waals surface area contributed by atoms with Gasteiger partial charge >= 0.3 is 0 Å². The molecule has 0 saturated heterocycles. The number of rotatable bonds is 8. The summed E-state index contributed by atoms with van der Waals surface area (Å²) in [5, 5.41) is 6.30. The zero-order valence-corrected chi connectivity index (χ0v) is 13.2. The number of ether oxygens (including phenoxy) is 1. The molecule has 0 aromatic heterocycles. The summed E-state index contributed by atoms with van der Waals surface area (Å²) in [6, 6.07) is 6.52. The molecule has 1 rings (SSSR count). The highest BCUT2D eigenvalue weighted by molar-refractivity contribution is 5.79. The smallest absolute Gasteiger partial charge is 0.191 e. The Balaban J connectivity index is 2.18. The summed E-state index contributed by atoms with van der Waals surface area (Å²) in [5.74, 6) is 1.13. The molecule has 1 aromatic carbocycles. The Hall–Kier alpha value is -1.62. The minimum absolute atomic E-state index is 0.226. The molecule has 118 valence electrons. The van der Waals surface area contributed by atoms with Crippen LogP contribution in [0.4, 0.5) is 4.39 Å². The molecular weight excluding hydrogens is 269 g/mol. The molecule has 0 aliphatic carbocycles. The molecule has 2 N–H and O–H groups in total. The largest absolute Gasteiger partial charge is 0.380 e. The molecule has 4 nitrogen and oxygen atoms in total. The summed E-state index contributed by atoms with van der Waals surface area (Å²) >= 11 is 0. The van der Waals surface area contributed by atoms with Crippen LogP contribution >= 0.6 is 0 Å². The fourth-order valence-electron chi connectivity index (χ4n) is 1.72. The van der Waals surface area contributed by atoms with Gasteiger partial charge in [0.25, 0.3) is 0 Å². The maximum absolute atomic E-state index is 13.1. The van der Waals surface area contributed by atoms with Gasteiger partial charge in [-0.05, 0) is 30.0 Å². The number of halogens is 1. The van der Waals surface area contributed by atoms with Crippen molar-refractivity contribution in [1.29, 1.82) is 0 Å². The third-order valence-corrected chi connectivity index (χ3v) is 2.95. The second-order valence-corrected chi connectivity index (χ2v) is 5.28. The summed E-state index contributed by atoms with van der Waals surface area (Å²) < 4.78 is 18.6. The molecule has 0 saturated carbocycles. The van der Waals surface area contributed by atoms with Crippen molar-refractivity contribution < 1.29 is 9.13 Å². The molecule has 5 heteroatoms. The lowest BCUT2D eigenvalue weighted by Crippen LogP contribution is -2.38. The first-order valence-corrected chi connectivity index (χ1v) is 7.38. The first-order chi connectivity index (χ1) is 10.1. The van der Waals surface area contributed by atoms with Crippen LogP contribution in [0.1, 0.15) is 25.8 Å². The fourth-order valence-corrected chi connectivity index (χ4v) is 1.72. The number of benzene rings is 1. The minimum Gasteiger partial charge on any atom is -0.380 e.